The van der Waals surface area contributed by atoms with E-state index in [9.17, 15) is 13.2 Å². The van der Waals surface area contributed by atoms with E-state index in [4.69, 9.17) is 9.88 Å². The third-order valence-electron chi connectivity index (χ3n) is 3.85. The minimum absolute atomic E-state index is 0.202. The van der Waals surface area contributed by atoms with E-state index in [1.165, 1.54) is 4.68 Å². The molecule has 0 atom stereocenters. The Morgan fingerprint density at radius 1 is 1.12 bits per heavy atom. The maximum atomic E-state index is 12.3. The second-order valence-corrected chi connectivity index (χ2v) is 7.31. The van der Waals surface area contributed by atoms with Gasteiger partial charge in [-0.2, -0.15) is 5.10 Å². The van der Waals surface area contributed by atoms with Crippen LogP contribution in [0, 0.1) is 0 Å². The number of fused-ring (bicyclic) bond motifs is 1. The summed E-state index contributed by atoms with van der Waals surface area (Å²) in [6.07, 6.45) is 0. The third kappa shape index (κ3) is 3.54. The summed E-state index contributed by atoms with van der Waals surface area (Å²) in [4.78, 5) is 12.3. The first-order valence-electron chi connectivity index (χ1n) is 7.43. The van der Waals surface area contributed by atoms with E-state index < -0.39 is 10.0 Å². The summed E-state index contributed by atoms with van der Waals surface area (Å²) < 4.78 is 28.9. The molecule has 7 nitrogen and oxygen atoms in total. The van der Waals surface area contributed by atoms with Crippen molar-refractivity contribution in [1.82, 2.24) is 9.78 Å². The fraction of sp³-hybridized carbons (Fsp3) is 0.176. The van der Waals surface area contributed by atoms with Gasteiger partial charge in [-0.3, -0.25) is 4.79 Å². The lowest BCUT2D eigenvalue weighted by molar-refractivity contribution is 0.415. The highest BCUT2D eigenvalue weighted by Gasteiger charge is 2.13. The van der Waals surface area contributed by atoms with Crippen LogP contribution in [0.3, 0.4) is 0 Å². The number of benzene rings is 2. The van der Waals surface area contributed by atoms with Gasteiger partial charge in [-0.25, -0.2) is 18.2 Å². The zero-order chi connectivity index (χ0) is 18.2. The van der Waals surface area contributed by atoms with Crippen LogP contribution in [0.1, 0.15) is 5.56 Å². The Kier molecular flexibility index (Phi) is 4.32. The van der Waals surface area contributed by atoms with Crippen LogP contribution in [0.4, 0.5) is 0 Å². The fourth-order valence-corrected chi connectivity index (χ4v) is 3.32. The van der Waals surface area contributed by atoms with E-state index in [1.54, 1.807) is 56.6 Å². The summed E-state index contributed by atoms with van der Waals surface area (Å²) >= 11 is 0. The van der Waals surface area contributed by atoms with Crippen LogP contribution in [0.2, 0.25) is 0 Å². The highest BCUT2D eigenvalue weighted by atomic mass is 32.2. The van der Waals surface area contributed by atoms with Gasteiger partial charge < -0.3 is 4.74 Å². The quantitative estimate of drug-likeness (QED) is 0.758. The van der Waals surface area contributed by atoms with Gasteiger partial charge in [0.1, 0.15) is 5.75 Å². The number of methoxy groups -OCH3 is 1. The molecule has 0 amide bonds. The normalized spacial score (nSPS) is 11.6. The molecule has 25 heavy (non-hydrogen) atoms. The summed E-state index contributed by atoms with van der Waals surface area (Å²) in [5, 5.41) is 10.6. The number of rotatable bonds is 4. The molecule has 3 aromatic rings. The largest absolute Gasteiger partial charge is 0.497 e. The second kappa shape index (κ2) is 6.30. The minimum atomic E-state index is -3.59. The topological polar surface area (TPSA) is 104 Å². The molecule has 0 bridgehead atoms. The molecular formula is C17H17N3O4S. The number of aromatic nitrogens is 2. The smallest absolute Gasteiger partial charge is 0.274 e. The standard InChI is InChI=1S/C17H17N3O4S/c1-20-17(21)14-8-7-13(24-2)9-15(14)16(19-20)12-5-3-11(4-6-12)10-25(18,22)23/h3-9H,10H2,1-2H3,(H2,18,22,23). The average Bonchev–Trinajstić information content (AvgIpc) is 2.57. The van der Waals surface area contributed by atoms with Crippen LogP contribution >= 0.6 is 0 Å². The van der Waals surface area contributed by atoms with Gasteiger partial charge >= 0.3 is 0 Å². The van der Waals surface area contributed by atoms with Crippen molar-refractivity contribution in [2.45, 2.75) is 5.75 Å². The summed E-state index contributed by atoms with van der Waals surface area (Å²) in [6, 6.07) is 12.1. The Bertz CT molecular complexity index is 1100. The number of primary sulfonamides is 1. The molecule has 0 aliphatic rings. The van der Waals surface area contributed by atoms with E-state index in [0.29, 0.717) is 27.8 Å². The van der Waals surface area contributed by atoms with Crippen molar-refractivity contribution in [3.8, 4) is 17.0 Å². The first-order valence-corrected chi connectivity index (χ1v) is 9.15. The van der Waals surface area contributed by atoms with Crippen LogP contribution < -0.4 is 15.4 Å². The Morgan fingerprint density at radius 3 is 2.40 bits per heavy atom. The van der Waals surface area contributed by atoms with E-state index in [0.717, 1.165) is 5.56 Å². The van der Waals surface area contributed by atoms with Crippen molar-refractivity contribution in [2.24, 2.45) is 12.2 Å². The molecule has 1 aromatic heterocycles. The molecule has 0 saturated carbocycles. The number of nitrogens with zero attached hydrogens (tertiary/aromatic N) is 2. The zero-order valence-electron chi connectivity index (χ0n) is 13.8. The molecular weight excluding hydrogens is 342 g/mol. The first kappa shape index (κ1) is 17.1. The number of aryl methyl sites for hydroxylation is 1. The number of hydrogen-bond acceptors (Lipinski definition) is 5. The van der Waals surface area contributed by atoms with E-state index in [2.05, 4.69) is 5.10 Å². The van der Waals surface area contributed by atoms with Crippen LogP contribution in [0.5, 0.6) is 5.75 Å². The molecule has 0 unspecified atom stereocenters. The molecule has 2 aromatic carbocycles. The number of nitrogens with two attached hydrogens (primary N) is 1. The predicted molar refractivity (Wildman–Crippen MR) is 95.8 cm³/mol. The van der Waals surface area contributed by atoms with Gasteiger partial charge in [0.25, 0.3) is 5.56 Å². The summed E-state index contributed by atoms with van der Waals surface area (Å²) in [6.45, 7) is 0. The lowest BCUT2D eigenvalue weighted by Crippen LogP contribution is -2.20. The number of sulfonamides is 1. The van der Waals surface area contributed by atoms with Crippen molar-refractivity contribution in [2.75, 3.05) is 7.11 Å². The summed E-state index contributed by atoms with van der Waals surface area (Å²) in [5.41, 5.74) is 1.75. The van der Waals surface area contributed by atoms with Crippen LogP contribution in [0.15, 0.2) is 47.3 Å². The number of hydrogen-bond donors (Lipinski definition) is 1. The van der Waals surface area contributed by atoms with Crippen LogP contribution in [-0.4, -0.2) is 25.3 Å². The number of ether oxygens (including phenoxy) is 1. The second-order valence-electron chi connectivity index (χ2n) is 5.69. The maximum Gasteiger partial charge on any atom is 0.274 e. The summed E-state index contributed by atoms with van der Waals surface area (Å²) in [7, 11) is -0.447. The molecule has 8 heteroatoms. The molecule has 0 spiro atoms. The van der Waals surface area contributed by atoms with Gasteiger partial charge in [-0.1, -0.05) is 24.3 Å². The SMILES string of the molecule is COc1ccc2c(=O)n(C)nc(-c3ccc(CS(N)(=O)=O)cc3)c2c1. The van der Waals surface area contributed by atoms with E-state index in [1.807, 2.05) is 0 Å². The van der Waals surface area contributed by atoms with Gasteiger partial charge in [0, 0.05) is 18.0 Å². The van der Waals surface area contributed by atoms with E-state index in [-0.39, 0.29) is 11.3 Å². The monoisotopic (exact) mass is 359 g/mol. The molecule has 0 fully saturated rings. The van der Waals surface area contributed by atoms with Gasteiger partial charge in [-0.05, 0) is 23.8 Å². The molecule has 0 radical (unpaired) electrons. The van der Waals surface area contributed by atoms with Gasteiger partial charge in [0.2, 0.25) is 10.0 Å². The molecule has 0 aliphatic heterocycles. The van der Waals surface area contributed by atoms with Crippen molar-refractivity contribution in [1.29, 1.82) is 0 Å². The molecule has 1 heterocycles. The van der Waals surface area contributed by atoms with Crippen molar-refractivity contribution < 1.29 is 13.2 Å². The third-order valence-corrected chi connectivity index (χ3v) is 4.59. The molecule has 0 aliphatic carbocycles. The summed E-state index contributed by atoms with van der Waals surface area (Å²) in [5.74, 6) is 0.386. The molecule has 3 rings (SSSR count). The molecule has 2 N–H and O–H groups in total. The first-order chi connectivity index (χ1) is 11.8. The minimum Gasteiger partial charge on any atom is -0.497 e. The Labute approximate surface area is 144 Å². The maximum absolute atomic E-state index is 12.3. The van der Waals surface area contributed by atoms with Crippen molar-refractivity contribution in [3.05, 3.63) is 58.4 Å². The molecule has 130 valence electrons. The highest BCUT2D eigenvalue weighted by molar-refractivity contribution is 7.88. The van der Waals surface area contributed by atoms with Gasteiger partial charge in [-0.15, -0.1) is 0 Å². The van der Waals surface area contributed by atoms with Crippen LogP contribution in [0.25, 0.3) is 22.0 Å². The Morgan fingerprint density at radius 2 is 1.80 bits per heavy atom. The molecule has 0 saturated heterocycles. The van der Waals surface area contributed by atoms with Crippen LogP contribution in [-0.2, 0) is 22.8 Å². The van der Waals surface area contributed by atoms with Gasteiger partial charge in [0.05, 0.1) is 23.9 Å². The van der Waals surface area contributed by atoms with E-state index >= 15 is 0 Å². The fourth-order valence-electron chi connectivity index (χ4n) is 2.66. The van der Waals surface area contributed by atoms with Crippen molar-refractivity contribution in [3.63, 3.8) is 0 Å². The average molecular weight is 359 g/mol. The zero-order valence-corrected chi connectivity index (χ0v) is 14.6. The predicted octanol–water partition coefficient (Wildman–Crippen LogP) is 1.40. The Hall–Kier alpha value is -2.71. The van der Waals surface area contributed by atoms with Gasteiger partial charge in [0.15, 0.2) is 0 Å². The highest BCUT2D eigenvalue weighted by Crippen LogP contribution is 2.28. The Balaban J connectivity index is 2.18. The lowest BCUT2D eigenvalue weighted by Gasteiger charge is -2.10. The lowest BCUT2D eigenvalue weighted by atomic mass is 10.0. The van der Waals surface area contributed by atoms with Crippen molar-refractivity contribution >= 4 is 20.8 Å².